The van der Waals surface area contributed by atoms with Gasteiger partial charge in [0.1, 0.15) is 10.1 Å². The molecule has 0 fully saturated rings. The van der Waals surface area contributed by atoms with Crippen LogP contribution >= 0.6 is 34.5 Å². The van der Waals surface area contributed by atoms with Gasteiger partial charge >= 0.3 is 0 Å². The smallest absolute Gasteiger partial charge is 0.281 e. The zero-order chi connectivity index (χ0) is 14.9. The first kappa shape index (κ1) is 15.1. The van der Waals surface area contributed by atoms with E-state index in [9.17, 15) is 4.79 Å². The summed E-state index contributed by atoms with van der Waals surface area (Å²) in [5.74, 6) is 0.495. The number of nitrogens with one attached hydrogen (secondary N) is 1. The van der Waals surface area contributed by atoms with Gasteiger partial charge in [0.2, 0.25) is 0 Å². The summed E-state index contributed by atoms with van der Waals surface area (Å²) in [6.07, 6.45) is 0. The summed E-state index contributed by atoms with van der Waals surface area (Å²) < 4.78 is 6.05. The van der Waals surface area contributed by atoms with Crippen LogP contribution in [0.3, 0.4) is 0 Å². The van der Waals surface area contributed by atoms with Crippen LogP contribution in [0.4, 0.5) is 0 Å². The molecule has 20 heavy (non-hydrogen) atoms. The van der Waals surface area contributed by atoms with Crippen LogP contribution in [-0.4, -0.2) is 17.9 Å². The number of amides is 1. The van der Waals surface area contributed by atoms with Gasteiger partial charge in [-0.15, -0.1) is 0 Å². The summed E-state index contributed by atoms with van der Waals surface area (Å²) in [6.45, 7) is 3.71. The third kappa shape index (κ3) is 3.06. The van der Waals surface area contributed by atoms with Crippen molar-refractivity contribution >= 4 is 40.4 Å². The topological polar surface area (TPSA) is 51.2 Å². The van der Waals surface area contributed by atoms with Gasteiger partial charge in [-0.05, 0) is 37.1 Å². The van der Waals surface area contributed by atoms with Crippen molar-refractivity contribution in [1.29, 1.82) is 0 Å². The Kier molecular flexibility index (Phi) is 4.52. The van der Waals surface area contributed by atoms with Gasteiger partial charge in [0, 0.05) is 12.6 Å². The molecule has 2 aromatic rings. The molecular formula is C13H12Cl2N2O2S. The summed E-state index contributed by atoms with van der Waals surface area (Å²) in [6, 6.07) is 3.57. The van der Waals surface area contributed by atoms with Gasteiger partial charge in [-0.2, -0.15) is 4.98 Å². The molecule has 0 aliphatic rings. The molecule has 0 spiro atoms. The van der Waals surface area contributed by atoms with Gasteiger partial charge in [0.15, 0.2) is 5.15 Å². The molecule has 0 saturated heterocycles. The van der Waals surface area contributed by atoms with Crippen LogP contribution in [0.2, 0.25) is 9.49 Å². The third-order valence-corrected chi connectivity index (χ3v) is 4.33. The second-order valence-electron chi connectivity index (χ2n) is 4.16. The number of aromatic nitrogens is 1. The highest BCUT2D eigenvalue weighted by Crippen LogP contribution is 2.36. The number of ether oxygens (including phenoxy) is 1. The highest BCUT2D eigenvalue weighted by molar-refractivity contribution is 7.18. The van der Waals surface area contributed by atoms with Crippen molar-refractivity contribution in [2.45, 2.75) is 13.8 Å². The molecule has 1 N–H and O–H groups in total. The van der Waals surface area contributed by atoms with Crippen molar-refractivity contribution in [3.05, 3.63) is 38.3 Å². The number of aryl methyl sites for hydroxylation is 2. The first-order valence-corrected chi connectivity index (χ1v) is 7.32. The molecule has 0 bridgehead atoms. The SMILES string of the molecule is CNC(=O)c1cc(C)c(Oc2nc(Cl)c(Cl)s2)cc1C. The van der Waals surface area contributed by atoms with Gasteiger partial charge < -0.3 is 10.1 Å². The molecule has 0 radical (unpaired) electrons. The first-order valence-electron chi connectivity index (χ1n) is 5.75. The molecule has 0 aliphatic carbocycles. The van der Waals surface area contributed by atoms with Crippen LogP contribution in [0.5, 0.6) is 10.9 Å². The largest absolute Gasteiger partial charge is 0.431 e. The van der Waals surface area contributed by atoms with Crippen LogP contribution in [0.15, 0.2) is 12.1 Å². The van der Waals surface area contributed by atoms with Crippen LogP contribution < -0.4 is 10.1 Å². The number of hydrogen-bond donors (Lipinski definition) is 1. The van der Waals surface area contributed by atoms with E-state index in [1.54, 1.807) is 19.2 Å². The molecule has 2 rings (SSSR count). The second kappa shape index (κ2) is 5.99. The number of thiazole rings is 1. The molecule has 0 aliphatic heterocycles. The predicted molar refractivity (Wildman–Crippen MR) is 81.5 cm³/mol. The van der Waals surface area contributed by atoms with Crippen LogP contribution in [0.25, 0.3) is 0 Å². The van der Waals surface area contributed by atoms with E-state index < -0.39 is 0 Å². The molecule has 106 valence electrons. The summed E-state index contributed by atoms with van der Waals surface area (Å²) in [4.78, 5) is 15.7. The molecular weight excluding hydrogens is 319 g/mol. The Morgan fingerprint density at radius 1 is 1.30 bits per heavy atom. The van der Waals surface area contributed by atoms with Crippen molar-refractivity contribution < 1.29 is 9.53 Å². The number of rotatable bonds is 3. The second-order valence-corrected chi connectivity index (χ2v) is 6.08. The van der Waals surface area contributed by atoms with Gasteiger partial charge in [0.05, 0.1) is 0 Å². The Morgan fingerprint density at radius 2 is 2.00 bits per heavy atom. The molecule has 0 atom stereocenters. The summed E-state index contributed by atoms with van der Waals surface area (Å²) >= 11 is 12.8. The zero-order valence-electron chi connectivity index (χ0n) is 11.1. The number of carbonyl (C=O) groups is 1. The minimum Gasteiger partial charge on any atom is -0.431 e. The Labute approximate surface area is 130 Å². The van der Waals surface area contributed by atoms with E-state index in [2.05, 4.69) is 10.3 Å². The lowest BCUT2D eigenvalue weighted by atomic mass is 10.0. The quantitative estimate of drug-likeness (QED) is 0.916. The summed E-state index contributed by atoms with van der Waals surface area (Å²) in [5, 5.41) is 3.20. The Morgan fingerprint density at radius 3 is 2.55 bits per heavy atom. The molecule has 7 heteroatoms. The fourth-order valence-electron chi connectivity index (χ4n) is 1.68. The molecule has 1 aromatic heterocycles. The standard InChI is InChI=1S/C13H12Cl2N2O2S/c1-6-5-9(7(2)4-8(6)12(18)16-3)19-13-17-10(14)11(15)20-13/h4-5H,1-3H3,(H,16,18). The average molecular weight is 331 g/mol. The van der Waals surface area contributed by atoms with E-state index in [1.807, 2.05) is 13.8 Å². The number of hydrogen-bond acceptors (Lipinski definition) is 4. The van der Waals surface area contributed by atoms with Crippen molar-refractivity contribution in [1.82, 2.24) is 10.3 Å². The Bertz CT molecular complexity index is 651. The van der Waals surface area contributed by atoms with Crippen LogP contribution in [-0.2, 0) is 0 Å². The van der Waals surface area contributed by atoms with E-state index >= 15 is 0 Å². The van der Waals surface area contributed by atoms with Gasteiger partial charge in [-0.3, -0.25) is 4.79 Å². The number of carbonyl (C=O) groups excluding carboxylic acids is 1. The van der Waals surface area contributed by atoms with E-state index in [0.29, 0.717) is 20.8 Å². The Hall–Kier alpha value is -1.30. The minimum absolute atomic E-state index is 0.127. The number of nitrogens with zero attached hydrogens (tertiary/aromatic N) is 1. The lowest BCUT2D eigenvalue weighted by Crippen LogP contribution is -2.19. The van der Waals surface area contributed by atoms with Crippen molar-refractivity contribution in [3.63, 3.8) is 0 Å². The average Bonchev–Trinajstić information content (AvgIpc) is 2.71. The van der Waals surface area contributed by atoms with Crippen molar-refractivity contribution in [2.24, 2.45) is 0 Å². The normalized spacial score (nSPS) is 10.4. The molecule has 1 heterocycles. The van der Waals surface area contributed by atoms with Crippen LogP contribution in [0, 0.1) is 13.8 Å². The maximum atomic E-state index is 11.7. The van der Waals surface area contributed by atoms with E-state index in [4.69, 9.17) is 27.9 Å². The minimum atomic E-state index is -0.127. The molecule has 1 amide bonds. The first-order chi connectivity index (χ1) is 9.42. The predicted octanol–water partition coefficient (Wildman–Crippen LogP) is 4.22. The highest BCUT2D eigenvalue weighted by atomic mass is 35.5. The molecule has 4 nitrogen and oxygen atoms in total. The molecule has 0 saturated carbocycles. The van der Waals surface area contributed by atoms with Crippen LogP contribution in [0.1, 0.15) is 21.5 Å². The third-order valence-electron chi connectivity index (χ3n) is 2.72. The van der Waals surface area contributed by atoms with E-state index in [-0.39, 0.29) is 11.1 Å². The van der Waals surface area contributed by atoms with E-state index in [0.717, 1.165) is 22.5 Å². The molecule has 1 aromatic carbocycles. The fourth-order valence-corrected chi connectivity index (χ4v) is 2.72. The van der Waals surface area contributed by atoms with Crippen molar-refractivity contribution in [3.8, 4) is 10.9 Å². The lowest BCUT2D eigenvalue weighted by Gasteiger charge is -2.10. The summed E-state index contributed by atoms with van der Waals surface area (Å²) in [7, 11) is 1.60. The van der Waals surface area contributed by atoms with Crippen molar-refractivity contribution in [2.75, 3.05) is 7.05 Å². The fraction of sp³-hybridized carbons (Fsp3) is 0.231. The van der Waals surface area contributed by atoms with Gasteiger partial charge in [-0.25, -0.2) is 0 Å². The number of benzene rings is 1. The number of halogens is 2. The monoisotopic (exact) mass is 330 g/mol. The maximum absolute atomic E-state index is 11.7. The summed E-state index contributed by atoms with van der Waals surface area (Å²) in [5.41, 5.74) is 2.27. The van der Waals surface area contributed by atoms with E-state index in [1.165, 1.54) is 0 Å². The Balaban J connectivity index is 2.34. The van der Waals surface area contributed by atoms with Gasteiger partial charge in [0.25, 0.3) is 11.1 Å². The lowest BCUT2D eigenvalue weighted by molar-refractivity contribution is 0.0962. The highest BCUT2D eigenvalue weighted by Gasteiger charge is 2.14. The molecule has 0 unspecified atom stereocenters. The zero-order valence-corrected chi connectivity index (χ0v) is 13.4. The van der Waals surface area contributed by atoms with Gasteiger partial charge in [-0.1, -0.05) is 34.5 Å². The maximum Gasteiger partial charge on any atom is 0.281 e.